The predicted molar refractivity (Wildman–Crippen MR) is 119 cm³/mol. The van der Waals surface area contributed by atoms with Crippen LogP contribution in [0.15, 0.2) is 36.4 Å². The molecule has 0 bridgehead atoms. The normalized spacial score (nSPS) is 14.9. The Kier molecular flexibility index (Phi) is 7.35. The zero-order chi connectivity index (χ0) is 23.3. The molecule has 1 aliphatic rings. The molecule has 0 aromatic heterocycles. The van der Waals surface area contributed by atoms with Gasteiger partial charge in [-0.1, -0.05) is 12.1 Å². The minimum absolute atomic E-state index is 0.0478. The smallest absolute Gasteiger partial charge is 0.307 e. The van der Waals surface area contributed by atoms with Crippen molar-refractivity contribution in [1.82, 2.24) is 4.90 Å². The van der Waals surface area contributed by atoms with E-state index in [2.05, 4.69) is 5.32 Å². The van der Waals surface area contributed by atoms with Gasteiger partial charge in [0.25, 0.3) is 0 Å². The average molecular weight is 440 g/mol. The fraction of sp³-hybridized carbons (Fsp3) is 0.375. The van der Waals surface area contributed by atoms with Crippen LogP contribution in [0, 0.1) is 0 Å². The number of carbonyl (C=O) groups excluding carboxylic acids is 3. The van der Waals surface area contributed by atoms with Crippen LogP contribution in [-0.4, -0.2) is 50.6 Å². The first kappa shape index (κ1) is 23.1. The van der Waals surface area contributed by atoms with E-state index in [9.17, 15) is 14.4 Å². The molecule has 1 N–H and O–H groups in total. The molecule has 3 rings (SSSR count). The van der Waals surface area contributed by atoms with E-state index in [0.29, 0.717) is 30.2 Å². The first-order chi connectivity index (χ1) is 15.4. The first-order valence-electron chi connectivity index (χ1n) is 10.3. The van der Waals surface area contributed by atoms with Crippen LogP contribution in [0.25, 0.3) is 0 Å². The fourth-order valence-electron chi connectivity index (χ4n) is 3.97. The second kappa shape index (κ2) is 10.2. The molecule has 0 radical (unpaired) electrons. The third kappa shape index (κ3) is 5.19. The van der Waals surface area contributed by atoms with E-state index in [-0.39, 0.29) is 24.7 Å². The Bertz CT molecular complexity index is 1000. The number of ether oxygens (including phenoxy) is 3. The minimum atomic E-state index is -0.461. The van der Waals surface area contributed by atoms with Gasteiger partial charge in [0.15, 0.2) is 11.5 Å². The maximum Gasteiger partial charge on any atom is 0.307 e. The molecular formula is C24H28N2O6. The number of carbonyl (C=O) groups is 3. The van der Waals surface area contributed by atoms with Crippen LogP contribution in [-0.2, 0) is 32.0 Å². The topological polar surface area (TPSA) is 94.2 Å². The standard InChI is InChI=1S/C24H28N2O6/c1-15(27)25-18-7-5-16(6-8-18)11-23(28)26-10-9-17-12-21(30-2)22(31-3)13-19(17)20(26)14-24(29)32-4/h5-8,12-13,20H,9-11,14H2,1-4H3,(H,25,27). The van der Waals surface area contributed by atoms with Gasteiger partial charge in [0.1, 0.15) is 0 Å². The molecule has 2 aromatic carbocycles. The number of benzene rings is 2. The summed E-state index contributed by atoms with van der Waals surface area (Å²) in [4.78, 5) is 38.3. The van der Waals surface area contributed by atoms with Gasteiger partial charge in [-0.25, -0.2) is 0 Å². The number of nitrogens with one attached hydrogen (secondary N) is 1. The molecule has 1 heterocycles. The van der Waals surface area contributed by atoms with Gasteiger partial charge in [-0.05, 0) is 47.4 Å². The summed E-state index contributed by atoms with van der Waals surface area (Å²) in [6.45, 7) is 1.92. The Morgan fingerprint density at radius 1 is 1.03 bits per heavy atom. The summed E-state index contributed by atoms with van der Waals surface area (Å²) >= 11 is 0. The summed E-state index contributed by atoms with van der Waals surface area (Å²) in [5.41, 5.74) is 3.36. The van der Waals surface area contributed by atoms with Crippen LogP contribution in [0.2, 0.25) is 0 Å². The third-order valence-corrected chi connectivity index (χ3v) is 5.54. The zero-order valence-electron chi connectivity index (χ0n) is 18.8. The Morgan fingerprint density at radius 3 is 2.28 bits per heavy atom. The second-order valence-corrected chi connectivity index (χ2v) is 7.59. The minimum Gasteiger partial charge on any atom is -0.493 e. The van der Waals surface area contributed by atoms with Crippen LogP contribution in [0.4, 0.5) is 5.69 Å². The highest BCUT2D eigenvalue weighted by Gasteiger charge is 2.33. The lowest BCUT2D eigenvalue weighted by Gasteiger charge is -2.37. The van der Waals surface area contributed by atoms with Gasteiger partial charge in [0.2, 0.25) is 11.8 Å². The summed E-state index contributed by atoms with van der Waals surface area (Å²) < 4.78 is 15.7. The van der Waals surface area contributed by atoms with Crippen LogP contribution in [0.5, 0.6) is 11.5 Å². The lowest BCUT2D eigenvalue weighted by atomic mass is 9.89. The number of amides is 2. The number of rotatable bonds is 7. The molecule has 0 fully saturated rings. The first-order valence-corrected chi connectivity index (χ1v) is 10.3. The van der Waals surface area contributed by atoms with Crippen molar-refractivity contribution in [2.75, 3.05) is 33.2 Å². The molecule has 8 nitrogen and oxygen atoms in total. The lowest BCUT2D eigenvalue weighted by molar-refractivity contribution is -0.144. The van der Waals surface area contributed by atoms with Gasteiger partial charge < -0.3 is 24.4 Å². The van der Waals surface area contributed by atoms with Gasteiger partial charge in [-0.2, -0.15) is 0 Å². The molecule has 1 unspecified atom stereocenters. The largest absolute Gasteiger partial charge is 0.493 e. The Labute approximate surface area is 187 Å². The monoisotopic (exact) mass is 440 g/mol. The van der Waals surface area contributed by atoms with Gasteiger partial charge in [-0.3, -0.25) is 14.4 Å². The van der Waals surface area contributed by atoms with Crippen molar-refractivity contribution >= 4 is 23.5 Å². The van der Waals surface area contributed by atoms with Crippen LogP contribution >= 0.6 is 0 Å². The van der Waals surface area contributed by atoms with Crippen molar-refractivity contribution in [3.63, 3.8) is 0 Å². The summed E-state index contributed by atoms with van der Waals surface area (Å²) in [7, 11) is 4.46. The van der Waals surface area contributed by atoms with Crippen LogP contribution in [0.1, 0.15) is 36.1 Å². The van der Waals surface area contributed by atoms with Crippen molar-refractivity contribution in [3.8, 4) is 11.5 Å². The molecule has 32 heavy (non-hydrogen) atoms. The molecule has 1 aliphatic heterocycles. The summed E-state index contributed by atoms with van der Waals surface area (Å²) in [5.74, 6) is 0.520. The zero-order valence-corrected chi connectivity index (χ0v) is 18.8. The Balaban J connectivity index is 1.87. The molecule has 2 aromatic rings. The Morgan fingerprint density at radius 2 is 1.69 bits per heavy atom. The molecule has 0 spiro atoms. The third-order valence-electron chi connectivity index (χ3n) is 5.54. The fourth-order valence-corrected chi connectivity index (χ4v) is 3.97. The second-order valence-electron chi connectivity index (χ2n) is 7.59. The molecule has 0 aliphatic carbocycles. The molecule has 1 atom stereocenters. The molecule has 0 saturated heterocycles. The van der Waals surface area contributed by atoms with E-state index in [0.717, 1.165) is 16.7 Å². The quantitative estimate of drug-likeness (QED) is 0.666. The highest BCUT2D eigenvalue weighted by atomic mass is 16.5. The Hall–Kier alpha value is -3.55. The van der Waals surface area contributed by atoms with E-state index in [1.165, 1.54) is 14.0 Å². The van der Waals surface area contributed by atoms with Crippen LogP contribution in [0.3, 0.4) is 0 Å². The molecule has 8 heteroatoms. The van der Waals surface area contributed by atoms with Gasteiger partial charge in [0, 0.05) is 19.2 Å². The number of esters is 1. The highest BCUT2D eigenvalue weighted by Crippen LogP contribution is 2.39. The summed E-state index contributed by atoms with van der Waals surface area (Å²) in [6, 6.07) is 10.4. The molecule has 2 amide bonds. The van der Waals surface area contributed by atoms with Crippen molar-refractivity contribution in [1.29, 1.82) is 0 Å². The van der Waals surface area contributed by atoms with Gasteiger partial charge >= 0.3 is 5.97 Å². The summed E-state index contributed by atoms with van der Waals surface area (Å²) in [6.07, 6.45) is 0.868. The highest BCUT2D eigenvalue weighted by molar-refractivity contribution is 5.88. The maximum absolute atomic E-state index is 13.2. The van der Waals surface area contributed by atoms with Crippen molar-refractivity contribution in [2.24, 2.45) is 0 Å². The number of anilines is 1. The molecule has 170 valence electrons. The van der Waals surface area contributed by atoms with E-state index in [1.54, 1.807) is 31.3 Å². The average Bonchev–Trinajstić information content (AvgIpc) is 2.79. The number of nitrogens with zero attached hydrogens (tertiary/aromatic N) is 1. The number of methoxy groups -OCH3 is 3. The molecule has 0 saturated carbocycles. The van der Waals surface area contributed by atoms with E-state index in [1.807, 2.05) is 24.3 Å². The van der Waals surface area contributed by atoms with Gasteiger partial charge in [-0.15, -0.1) is 0 Å². The number of hydrogen-bond acceptors (Lipinski definition) is 6. The SMILES string of the molecule is COC(=O)CC1c2cc(OC)c(OC)cc2CCN1C(=O)Cc1ccc(NC(C)=O)cc1. The summed E-state index contributed by atoms with van der Waals surface area (Å²) in [5, 5.41) is 2.71. The van der Waals surface area contributed by atoms with E-state index >= 15 is 0 Å². The molecular weight excluding hydrogens is 412 g/mol. The number of hydrogen-bond donors (Lipinski definition) is 1. The van der Waals surface area contributed by atoms with Crippen molar-refractivity contribution in [3.05, 3.63) is 53.1 Å². The van der Waals surface area contributed by atoms with Gasteiger partial charge in [0.05, 0.1) is 40.2 Å². The number of fused-ring (bicyclic) bond motifs is 1. The maximum atomic E-state index is 13.2. The van der Waals surface area contributed by atoms with E-state index in [4.69, 9.17) is 14.2 Å². The lowest BCUT2D eigenvalue weighted by Crippen LogP contribution is -2.42. The van der Waals surface area contributed by atoms with Crippen LogP contribution < -0.4 is 14.8 Å². The predicted octanol–water partition coefficient (Wildman–Crippen LogP) is 2.89. The van der Waals surface area contributed by atoms with Crippen molar-refractivity contribution < 1.29 is 28.6 Å². The van der Waals surface area contributed by atoms with Crippen molar-refractivity contribution in [2.45, 2.75) is 32.2 Å². The van der Waals surface area contributed by atoms with E-state index < -0.39 is 12.0 Å².